The van der Waals surface area contributed by atoms with Gasteiger partial charge in [0, 0.05) is 5.02 Å². The number of hydrogen-bond acceptors (Lipinski definition) is 2. The molecule has 0 aromatic heterocycles. The molecular weight excluding hydrogens is 228 g/mol. The third-order valence-corrected chi connectivity index (χ3v) is 2.43. The zero-order valence-corrected chi connectivity index (χ0v) is 10.2. The molecule has 16 heavy (non-hydrogen) atoms. The lowest BCUT2D eigenvalue weighted by molar-refractivity contribution is 0.0692. The Kier molecular flexibility index (Phi) is 4.62. The predicted molar refractivity (Wildman–Crippen MR) is 63.6 cm³/mol. The summed E-state index contributed by atoms with van der Waals surface area (Å²) >= 11 is 5.81. The normalized spacial score (nSPS) is 10.2. The minimum absolute atomic E-state index is 0.126. The molecule has 0 spiro atoms. The maximum Gasteiger partial charge on any atom is 0.339 e. The highest BCUT2D eigenvalue weighted by Gasteiger charge is 2.15. The molecule has 0 aliphatic heterocycles. The quantitative estimate of drug-likeness (QED) is 0.804. The van der Waals surface area contributed by atoms with Crippen molar-refractivity contribution < 1.29 is 14.6 Å². The van der Waals surface area contributed by atoms with Gasteiger partial charge in [-0.3, -0.25) is 0 Å². The summed E-state index contributed by atoms with van der Waals surface area (Å²) in [6.45, 7) is 4.37. The van der Waals surface area contributed by atoms with E-state index >= 15 is 0 Å². The number of benzene rings is 1. The van der Waals surface area contributed by atoms with E-state index in [9.17, 15) is 4.79 Å². The van der Waals surface area contributed by atoms with Gasteiger partial charge in [0.05, 0.1) is 6.61 Å². The van der Waals surface area contributed by atoms with Crippen LogP contribution >= 0.6 is 11.6 Å². The Morgan fingerprint density at radius 2 is 2.19 bits per heavy atom. The van der Waals surface area contributed by atoms with Crippen molar-refractivity contribution >= 4 is 17.6 Å². The number of carbonyl (C=O) groups is 1. The first-order valence-electron chi connectivity index (χ1n) is 5.22. The lowest BCUT2D eigenvalue weighted by Crippen LogP contribution is -2.06. The van der Waals surface area contributed by atoms with Crippen molar-refractivity contribution in [3.63, 3.8) is 0 Å². The molecule has 88 valence electrons. The van der Waals surface area contributed by atoms with Gasteiger partial charge in [0.25, 0.3) is 0 Å². The number of rotatable bonds is 5. The van der Waals surface area contributed by atoms with Crippen LogP contribution in [0.4, 0.5) is 0 Å². The van der Waals surface area contributed by atoms with Gasteiger partial charge in [-0.2, -0.15) is 0 Å². The van der Waals surface area contributed by atoms with E-state index in [1.54, 1.807) is 13.0 Å². The zero-order chi connectivity index (χ0) is 12.1. The number of aromatic carboxylic acids is 1. The molecule has 0 unspecified atom stereocenters. The van der Waals surface area contributed by atoms with Gasteiger partial charge < -0.3 is 9.84 Å². The summed E-state index contributed by atoms with van der Waals surface area (Å²) in [6, 6.07) is 3.12. The molecule has 0 atom stereocenters. The molecule has 4 heteroatoms. The van der Waals surface area contributed by atoms with E-state index in [0.717, 1.165) is 18.4 Å². The van der Waals surface area contributed by atoms with Crippen LogP contribution in [0.1, 0.15) is 35.7 Å². The maximum absolute atomic E-state index is 11.0. The highest BCUT2D eigenvalue weighted by atomic mass is 35.5. The number of carboxylic acids is 1. The topological polar surface area (TPSA) is 46.5 Å². The summed E-state index contributed by atoms with van der Waals surface area (Å²) in [4.78, 5) is 11.0. The average molecular weight is 243 g/mol. The van der Waals surface area contributed by atoms with E-state index in [2.05, 4.69) is 6.92 Å². The maximum atomic E-state index is 11.0. The van der Waals surface area contributed by atoms with E-state index < -0.39 is 5.97 Å². The van der Waals surface area contributed by atoms with E-state index in [1.165, 1.54) is 6.07 Å². The molecule has 0 aliphatic rings. The minimum atomic E-state index is -1.02. The van der Waals surface area contributed by atoms with Gasteiger partial charge in [-0.15, -0.1) is 0 Å². The summed E-state index contributed by atoms with van der Waals surface area (Å²) in [5.74, 6) is -0.595. The molecule has 0 bridgehead atoms. The first kappa shape index (κ1) is 12.8. The van der Waals surface area contributed by atoms with Crippen LogP contribution in [0.2, 0.25) is 5.02 Å². The fourth-order valence-corrected chi connectivity index (χ4v) is 1.67. The number of halogens is 1. The molecule has 1 N–H and O–H groups in total. The largest absolute Gasteiger partial charge is 0.492 e. The Labute approximate surface area is 100.0 Å². The second-order valence-corrected chi connectivity index (χ2v) is 4.04. The summed E-state index contributed by atoms with van der Waals surface area (Å²) in [5, 5.41) is 9.45. The van der Waals surface area contributed by atoms with Crippen LogP contribution in [-0.4, -0.2) is 17.7 Å². The molecule has 0 fully saturated rings. The number of aryl methyl sites for hydroxylation is 1. The third kappa shape index (κ3) is 3.14. The summed E-state index contributed by atoms with van der Waals surface area (Å²) in [6.07, 6.45) is 1.91. The molecule has 3 nitrogen and oxygen atoms in total. The number of hydrogen-bond donors (Lipinski definition) is 1. The van der Waals surface area contributed by atoms with Gasteiger partial charge in [0.15, 0.2) is 0 Å². The monoisotopic (exact) mass is 242 g/mol. The van der Waals surface area contributed by atoms with Crippen molar-refractivity contribution in [1.82, 2.24) is 0 Å². The van der Waals surface area contributed by atoms with Crippen molar-refractivity contribution in [2.75, 3.05) is 6.61 Å². The Morgan fingerprint density at radius 1 is 1.50 bits per heavy atom. The van der Waals surface area contributed by atoms with Gasteiger partial charge in [0.1, 0.15) is 11.3 Å². The van der Waals surface area contributed by atoms with Crippen LogP contribution in [0.15, 0.2) is 12.1 Å². The van der Waals surface area contributed by atoms with E-state index in [4.69, 9.17) is 21.4 Å². The van der Waals surface area contributed by atoms with Crippen molar-refractivity contribution in [3.05, 3.63) is 28.3 Å². The molecule has 0 saturated heterocycles. The van der Waals surface area contributed by atoms with Crippen molar-refractivity contribution in [2.45, 2.75) is 26.7 Å². The zero-order valence-electron chi connectivity index (χ0n) is 9.42. The molecule has 1 aromatic carbocycles. The number of unbranched alkanes of at least 4 members (excludes halogenated alkanes) is 1. The van der Waals surface area contributed by atoms with Crippen LogP contribution in [0, 0.1) is 6.92 Å². The predicted octanol–water partition coefficient (Wildman–Crippen LogP) is 3.53. The van der Waals surface area contributed by atoms with Gasteiger partial charge in [-0.25, -0.2) is 4.79 Å². The highest BCUT2D eigenvalue weighted by Crippen LogP contribution is 2.28. The highest BCUT2D eigenvalue weighted by molar-refractivity contribution is 6.31. The Morgan fingerprint density at radius 3 is 2.75 bits per heavy atom. The van der Waals surface area contributed by atoms with E-state index in [-0.39, 0.29) is 5.56 Å². The minimum Gasteiger partial charge on any atom is -0.492 e. The standard InChI is InChI=1S/C12H15ClO3/c1-3-4-5-16-11-8(2)6-9(13)7-10(11)12(14)15/h6-7H,3-5H2,1-2H3,(H,14,15). The number of ether oxygens (including phenoxy) is 1. The molecule has 0 aliphatic carbocycles. The molecule has 0 radical (unpaired) electrons. The Bertz CT molecular complexity index is 388. The molecule has 1 aromatic rings. The molecular formula is C12H15ClO3. The van der Waals surface area contributed by atoms with Crippen molar-refractivity contribution in [3.8, 4) is 5.75 Å². The first-order valence-corrected chi connectivity index (χ1v) is 5.60. The van der Waals surface area contributed by atoms with Crippen LogP contribution in [0.3, 0.4) is 0 Å². The van der Waals surface area contributed by atoms with Crippen LogP contribution < -0.4 is 4.74 Å². The van der Waals surface area contributed by atoms with Gasteiger partial charge in [-0.1, -0.05) is 24.9 Å². The Balaban J connectivity index is 2.99. The second kappa shape index (κ2) is 5.75. The fraction of sp³-hybridized carbons (Fsp3) is 0.417. The number of carboxylic acid groups (broad SMARTS) is 1. The fourth-order valence-electron chi connectivity index (χ4n) is 1.40. The van der Waals surface area contributed by atoms with Crippen molar-refractivity contribution in [2.24, 2.45) is 0 Å². The SMILES string of the molecule is CCCCOc1c(C)cc(Cl)cc1C(=O)O. The van der Waals surface area contributed by atoms with Crippen LogP contribution in [0.5, 0.6) is 5.75 Å². The average Bonchev–Trinajstić information content (AvgIpc) is 2.20. The molecule has 0 heterocycles. The van der Waals surface area contributed by atoms with Gasteiger partial charge in [0.2, 0.25) is 0 Å². The van der Waals surface area contributed by atoms with Crippen LogP contribution in [0.25, 0.3) is 0 Å². The molecule has 1 rings (SSSR count). The lowest BCUT2D eigenvalue weighted by atomic mass is 10.1. The van der Waals surface area contributed by atoms with E-state index in [0.29, 0.717) is 17.4 Å². The molecule has 0 saturated carbocycles. The van der Waals surface area contributed by atoms with Crippen LogP contribution in [-0.2, 0) is 0 Å². The first-order chi connectivity index (χ1) is 7.56. The lowest BCUT2D eigenvalue weighted by Gasteiger charge is -2.12. The summed E-state index contributed by atoms with van der Waals surface area (Å²) < 4.78 is 5.49. The molecule has 0 amide bonds. The summed E-state index contributed by atoms with van der Waals surface area (Å²) in [5.41, 5.74) is 0.877. The van der Waals surface area contributed by atoms with Crippen molar-refractivity contribution in [1.29, 1.82) is 0 Å². The van der Waals surface area contributed by atoms with E-state index in [1.807, 2.05) is 0 Å². The summed E-state index contributed by atoms with van der Waals surface area (Å²) in [7, 11) is 0. The third-order valence-electron chi connectivity index (χ3n) is 2.21. The Hall–Kier alpha value is -1.22. The smallest absolute Gasteiger partial charge is 0.339 e. The van der Waals surface area contributed by atoms with Gasteiger partial charge >= 0.3 is 5.97 Å². The second-order valence-electron chi connectivity index (χ2n) is 3.61. The van der Waals surface area contributed by atoms with Gasteiger partial charge in [-0.05, 0) is 31.0 Å².